The molecule has 2 fully saturated rings. The zero-order valence-electron chi connectivity index (χ0n) is 11.7. The SMILES string of the molecule is NCCc1c(Cl)cccc1OC1CCOC2(CCC2)C1. The van der Waals surface area contributed by atoms with Gasteiger partial charge in [-0.25, -0.2) is 0 Å². The lowest BCUT2D eigenvalue weighted by atomic mass is 9.74. The van der Waals surface area contributed by atoms with Crippen LogP contribution in [0.3, 0.4) is 0 Å². The molecule has 1 saturated carbocycles. The third-order valence-electron chi connectivity index (χ3n) is 4.48. The molecule has 1 aliphatic heterocycles. The van der Waals surface area contributed by atoms with Crippen molar-refractivity contribution in [3.8, 4) is 5.75 Å². The number of hydrogen-bond donors (Lipinski definition) is 1. The summed E-state index contributed by atoms with van der Waals surface area (Å²) in [5, 5.41) is 0.748. The van der Waals surface area contributed by atoms with Crippen molar-refractivity contribution >= 4 is 11.6 Å². The summed E-state index contributed by atoms with van der Waals surface area (Å²) in [6.45, 7) is 1.38. The molecule has 2 aliphatic rings. The zero-order chi connectivity index (χ0) is 14.0. The Morgan fingerprint density at radius 2 is 2.25 bits per heavy atom. The van der Waals surface area contributed by atoms with Gasteiger partial charge >= 0.3 is 0 Å². The van der Waals surface area contributed by atoms with E-state index in [-0.39, 0.29) is 11.7 Å². The minimum atomic E-state index is 0.107. The van der Waals surface area contributed by atoms with E-state index in [0.717, 1.165) is 42.2 Å². The van der Waals surface area contributed by atoms with E-state index < -0.39 is 0 Å². The van der Waals surface area contributed by atoms with Gasteiger partial charge in [-0.05, 0) is 44.4 Å². The Morgan fingerprint density at radius 1 is 1.40 bits per heavy atom. The molecular weight excluding hydrogens is 274 g/mol. The number of ether oxygens (including phenoxy) is 2. The van der Waals surface area contributed by atoms with Gasteiger partial charge in [-0.15, -0.1) is 0 Å². The number of nitrogens with two attached hydrogens (primary N) is 1. The molecule has 0 amide bonds. The van der Waals surface area contributed by atoms with Gasteiger partial charge in [0.1, 0.15) is 11.9 Å². The molecule has 1 aromatic rings. The average molecular weight is 296 g/mol. The minimum absolute atomic E-state index is 0.107. The first-order valence-electron chi connectivity index (χ1n) is 7.50. The molecule has 1 spiro atoms. The predicted octanol–water partition coefficient (Wildman–Crippen LogP) is 3.32. The van der Waals surface area contributed by atoms with Crippen LogP contribution in [0, 0.1) is 0 Å². The third-order valence-corrected chi connectivity index (χ3v) is 4.83. The summed E-state index contributed by atoms with van der Waals surface area (Å²) in [5.74, 6) is 0.893. The van der Waals surface area contributed by atoms with Gasteiger partial charge in [-0.3, -0.25) is 0 Å². The number of halogens is 1. The molecule has 1 saturated heterocycles. The van der Waals surface area contributed by atoms with Crippen molar-refractivity contribution in [1.82, 2.24) is 0 Å². The van der Waals surface area contributed by atoms with Crippen molar-refractivity contribution in [2.75, 3.05) is 13.2 Å². The van der Waals surface area contributed by atoms with E-state index in [0.29, 0.717) is 6.54 Å². The summed E-state index contributed by atoms with van der Waals surface area (Å²) >= 11 is 6.26. The molecule has 2 N–H and O–H groups in total. The van der Waals surface area contributed by atoms with E-state index in [1.807, 2.05) is 18.2 Å². The molecule has 4 heteroatoms. The molecule has 1 aromatic carbocycles. The minimum Gasteiger partial charge on any atom is -0.490 e. The van der Waals surface area contributed by atoms with Crippen LogP contribution >= 0.6 is 11.6 Å². The molecule has 0 bridgehead atoms. The van der Waals surface area contributed by atoms with Crippen LogP contribution in [-0.2, 0) is 11.2 Å². The van der Waals surface area contributed by atoms with E-state index in [1.54, 1.807) is 0 Å². The van der Waals surface area contributed by atoms with E-state index in [1.165, 1.54) is 19.3 Å². The van der Waals surface area contributed by atoms with Crippen LogP contribution < -0.4 is 10.5 Å². The fourth-order valence-electron chi connectivity index (χ4n) is 3.22. The van der Waals surface area contributed by atoms with Crippen LogP contribution in [0.25, 0.3) is 0 Å². The highest BCUT2D eigenvalue weighted by Gasteiger charge is 2.43. The van der Waals surface area contributed by atoms with Gasteiger partial charge < -0.3 is 15.2 Å². The predicted molar refractivity (Wildman–Crippen MR) is 80.4 cm³/mol. The molecule has 1 atom stereocenters. The van der Waals surface area contributed by atoms with Gasteiger partial charge in [0.05, 0.1) is 12.2 Å². The van der Waals surface area contributed by atoms with Crippen molar-refractivity contribution in [1.29, 1.82) is 0 Å². The monoisotopic (exact) mass is 295 g/mol. The van der Waals surface area contributed by atoms with Crippen molar-refractivity contribution < 1.29 is 9.47 Å². The fraction of sp³-hybridized carbons (Fsp3) is 0.625. The second-order valence-corrected chi connectivity index (χ2v) is 6.28. The highest BCUT2D eigenvalue weighted by molar-refractivity contribution is 6.31. The summed E-state index contributed by atoms with van der Waals surface area (Å²) in [4.78, 5) is 0. The lowest BCUT2D eigenvalue weighted by Crippen LogP contribution is -2.48. The smallest absolute Gasteiger partial charge is 0.124 e. The van der Waals surface area contributed by atoms with Crippen LogP contribution in [0.2, 0.25) is 5.02 Å². The van der Waals surface area contributed by atoms with E-state index in [4.69, 9.17) is 26.8 Å². The molecule has 110 valence electrons. The summed E-state index contributed by atoms with van der Waals surface area (Å²) in [5.41, 5.74) is 6.81. The molecule has 1 aliphatic carbocycles. The molecular formula is C16H22ClNO2. The molecule has 3 nitrogen and oxygen atoms in total. The van der Waals surface area contributed by atoms with Crippen LogP contribution in [-0.4, -0.2) is 24.9 Å². The van der Waals surface area contributed by atoms with Crippen LogP contribution in [0.5, 0.6) is 5.75 Å². The average Bonchev–Trinajstić information content (AvgIpc) is 2.41. The highest BCUT2D eigenvalue weighted by atomic mass is 35.5. The van der Waals surface area contributed by atoms with E-state index in [2.05, 4.69) is 0 Å². The standard InChI is InChI=1S/C16H22ClNO2/c17-14-3-1-4-15(13(14)5-9-18)20-12-6-10-19-16(11-12)7-2-8-16/h1,3-4,12H,2,5-11,18H2. The second kappa shape index (κ2) is 5.92. The first-order valence-corrected chi connectivity index (χ1v) is 7.88. The maximum absolute atomic E-state index is 6.26. The van der Waals surface area contributed by atoms with Gasteiger partial charge in [0.15, 0.2) is 0 Å². The summed E-state index contributed by atoms with van der Waals surface area (Å²) in [7, 11) is 0. The van der Waals surface area contributed by atoms with Crippen LogP contribution in [0.4, 0.5) is 0 Å². The maximum Gasteiger partial charge on any atom is 0.124 e. The van der Waals surface area contributed by atoms with Gasteiger partial charge in [-0.1, -0.05) is 17.7 Å². The van der Waals surface area contributed by atoms with Crippen LogP contribution in [0.1, 0.15) is 37.7 Å². The molecule has 20 heavy (non-hydrogen) atoms. The van der Waals surface area contributed by atoms with Crippen LogP contribution in [0.15, 0.2) is 18.2 Å². The lowest BCUT2D eigenvalue weighted by Gasteiger charge is -2.47. The Kier molecular flexibility index (Phi) is 4.20. The quantitative estimate of drug-likeness (QED) is 0.927. The Balaban J connectivity index is 1.72. The summed E-state index contributed by atoms with van der Waals surface area (Å²) in [6, 6.07) is 5.84. The third kappa shape index (κ3) is 2.80. The van der Waals surface area contributed by atoms with Crippen molar-refractivity contribution in [3.63, 3.8) is 0 Å². The van der Waals surface area contributed by atoms with Gasteiger partial charge in [0.25, 0.3) is 0 Å². The molecule has 1 heterocycles. The normalized spacial score (nSPS) is 24.4. The molecule has 0 aromatic heterocycles. The Morgan fingerprint density at radius 3 is 2.95 bits per heavy atom. The van der Waals surface area contributed by atoms with E-state index >= 15 is 0 Å². The van der Waals surface area contributed by atoms with Crippen molar-refractivity contribution in [3.05, 3.63) is 28.8 Å². The topological polar surface area (TPSA) is 44.5 Å². The molecule has 3 rings (SSSR count). The summed E-state index contributed by atoms with van der Waals surface area (Å²) in [6.07, 6.45) is 6.58. The maximum atomic E-state index is 6.26. The van der Waals surface area contributed by atoms with Crippen molar-refractivity contribution in [2.45, 2.75) is 50.2 Å². The van der Waals surface area contributed by atoms with Crippen molar-refractivity contribution in [2.24, 2.45) is 5.73 Å². The highest BCUT2D eigenvalue weighted by Crippen LogP contribution is 2.43. The lowest BCUT2D eigenvalue weighted by molar-refractivity contribution is -0.153. The number of hydrogen-bond acceptors (Lipinski definition) is 3. The summed E-state index contributed by atoms with van der Waals surface area (Å²) < 4.78 is 12.2. The number of rotatable bonds is 4. The molecule has 1 unspecified atom stereocenters. The number of benzene rings is 1. The second-order valence-electron chi connectivity index (χ2n) is 5.87. The van der Waals surface area contributed by atoms with Gasteiger partial charge in [0.2, 0.25) is 0 Å². The van der Waals surface area contributed by atoms with Gasteiger partial charge in [-0.2, -0.15) is 0 Å². The van der Waals surface area contributed by atoms with Gasteiger partial charge in [0, 0.05) is 23.4 Å². The molecule has 0 radical (unpaired) electrons. The largest absolute Gasteiger partial charge is 0.490 e. The first-order chi connectivity index (χ1) is 9.72. The Bertz CT molecular complexity index is 474. The Hall–Kier alpha value is -0.770. The fourth-order valence-corrected chi connectivity index (χ4v) is 3.48. The Labute approximate surface area is 125 Å². The van der Waals surface area contributed by atoms with E-state index in [9.17, 15) is 0 Å². The zero-order valence-corrected chi connectivity index (χ0v) is 12.5. The first kappa shape index (κ1) is 14.2.